The fourth-order valence-corrected chi connectivity index (χ4v) is 2.46. The molecule has 114 valence electrons. The van der Waals surface area contributed by atoms with Gasteiger partial charge in [0.15, 0.2) is 0 Å². The first-order chi connectivity index (χ1) is 10.6. The molecule has 22 heavy (non-hydrogen) atoms. The Morgan fingerprint density at radius 1 is 1.45 bits per heavy atom. The van der Waals surface area contributed by atoms with Gasteiger partial charge in [-0.3, -0.25) is 4.79 Å². The summed E-state index contributed by atoms with van der Waals surface area (Å²) in [6, 6.07) is 9.98. The second-order valence-electron chi connectivity index (χ2n) is 5.44. The number of nitrogens with zero attached hydrogens (tertiary/aromatic N) is 3. The Hall–Kier alpha value is -2.14. The van der Waals surface area contributed by atoms with Crippen LogP contribution in [0.1, 0.15) is 29.7 Å². The van der Waals surface area contributed by atoms with Crippen molar-refractivity contribution in [3.05, 3.63) is 52.3 Å². The van der Waals surface area contributed by atoms with Gasteiger partial charge < -0.3 is 0 Å². The zero-order valence-corrected chi connectivity index (χ0v) is 13.0. The molecule has 1 heterocycles. The third-order valence-electron chi connectivity index (χ3n) is 3.60. The predicted molar refractivity (Wildman–Crippen MR) is 86.0 cm³/mol. The average molecular weight is 317 g/mol. The summed E-state index contributed by atoms with van der Waals surface area (Å²) < 4.78 is 1.73. The lowest BCUT2D eigenvalue weighted by molar-refractivity contribution is -0.122. The van der Waals surface area contributed by atoms with Gasteiger partial charge in [-0.2, -0.15) is 10.2 Å². The molecule has 1 aliphatic carbocycles. The van der Waals surface area contributed by atoms with E-state index in [0.29, 0.717) is 11.7 Å². The third kappa shape index (κ3) is 3.36. The Bertz CT molecular complexity index is 704. The molecule has 0 aliphatic heterocycles. The zero-order valence-electron chi connectivity index (χ0n) is 12.3. The van der Waals surface area contributed by atoms with Crippen molar-refractivity contribution in [3.8, 4) is 0 Å². The summed E-state index contributed by atoms with van der Waals surface area (Å²) in [5.74, 6) is 0.108. The predicted octanol–water partition coefficient (Wildman–Crippen LogP) is 2.75. The van der Waals surface area contributed by atoms with E-state index in [9.17, 15) is 4.79 Å². The molecule has 0 atom stereocenters. The van der Waals surface area contributed by atoms with Crippen LogP contribution < -0.4 is 5.43 Å². The number of aromatic nitrogens is 2. The van der Waals surface area contributed by atoms with Crippen LogP contribution in [0, 0.1) is 12.8 Å². The van der Waals surface area contributed by atoms with Crippen LogP contribution >= 0.6 is 11.6 Å². The summed E-state index contributed by atoms with van der Waals surface area (Å²) in [6.45, 7) is 2.47. The van der Waals surface area contributed by atoms with Gasteiger partial charge in [0.25, 0.3) is 0 Å². The van der Waals surface area contributed by atoms with E-state index in [1.54, 1.807) is 10.9 Å². The standard InChI is InChI=1S/C16H17ClN4O/c1-11-14(9-18-19-16(22)13-7-8-13)15(17)21(20-11)10-12-5-3-2-4-6-12/h2-6,9,13H,7-8,10H2,1H3,(H,19,22)/b18-9-. The van der Waals surface area contributed by atoms with Crippen molar-refractivity contribution in [1.82, 2.24) is 15.2 Å². The molecular formula is C16H17ClN4O. The quantitative estimate of drug-likeness (QED) is 0.681. The van der Waals surface area contributed by atoms with Gasteiger partial charge in [-0.05, 0) is 25.3 Å². The fourth-order valence-electron chi connectivity index (χ4n) is 2.17. The summed E-state index contributed by atoms with van der Waals surface area (Å²) in [5, 5.41) is 8.93. The van der Waals surface area contributed by atoms with Crippen LogP contribution in [0.2, 0.25) is 5.15 Å². The molecule has 0 radical (unpaired) electrons. The van der Waals surface area contributed by atoms with Gasteiger partial charge in [0, 0.05) is 5.92 Å². The molecule has 1 aromatic carbocycles. The van der Waals surface area contributed by atoms with Gasteiger partial charge in [0.2, 0.25) is 5.91 Å². The van der Waals surface area contributed by atoms with Gasteiger partial charge >= 0.3 is 0 Å². The number of halogens is 1. The lowest BCUT2D eigenvalue weighted by atomic mass is 10.2. The van der Waals surface area contributed by atoms with Gasteiger partial charge in [-0.25, -0.2) is 10.1 Å². The smallest absolute Gasteiger partial charge is 0.243 e. The van der Waals surface area contributed by atoms with Crippen LogP contribution in [0.3, 0.4) is 0 Å². The number of rotatable bonds is 5. The van der Waals surface area contributed by atoms with Gasteiger partial charge in [-0.1, -0.05) is 41.9 Å². The molecule has 6 heteroatoms. The van der Waals surface area contributed by atoms with Crippen molar-refractivity contribution in [1.29, 1.82) is 0 Å². The lowest BCUT2D eigenvalue weighted by Gasteiger charge is -2.03. The summed E-state index contributed by atoms with van der Waals surface area (Å²) in [5.41, 5.74) is 5.18. The highest BCUT2D eigenvalue weighted by atomic mass is 35.5. The Labute approximate surface area is 134 Å². The molecule has 5 nitrogen and oxygen atoms in total. The summed E-state index contributed by atoms with van der Waals surface area (Å²) in [6.07, 6.45) is 3.47. The monoisotopic (exact) mass is 316 g/mol. The van der Waals surface area contributed by atoms with E-state index in [-0.39, 0.29) is 11.8 Å². The van der Waals surface area contributed by atoms with Gasteiger partial charge in [-0.15, -0.1) is 0 Å². The molecule has 1 aromatic heterocycles. The number of hydrogen-bond acceptors (Lipinski definition) is 3. The number of amides is 1. The second-order valence-corrected chi connectivity index (χ2v) is 5.80. The minimum atomic E-state index is -0.0262. The zero-order chi connectivity index (χ0) is 15.5. The number of nitrogens with one attached hydrogen (secondary N) is 1. The molecule has 1 saturated carbocycles. The van der Waals surface area contributed by atoms with Crippen molar-refractivity contribution < 1.29 is 4.79 Å². The number of aryl methyl sites for hydroxylation is 1. The summed E-state index contributed by atoms with van der Waals surface area (Å²) >= 11 is 6.37. The molecule has 1 amide bonds. The van der Waals surface area contributed by atoms with Crippen molar-refractivity contribution in [2.24, 2.45) is 11.0 Å². The summed E-state index contributed by atoms with van der Waals surface area (Å²) in [4.78, 5) is 11.5. The number of carbonyl (C=O) groups excluding carboxylic acids is 1. The fraction of sp³-hybridized carbons (Fsp3) is 0.312. The SMILES string of the molecule is Cc1nn(Cc2ccccc2)c(Cl)c1/C=N\NC(=O)C1CC1. The molecule has 0 spiro atoms. The molecule has 0 unspecified atom stereocenters. The maximum absolute atomic E-state index is 11.5. The highest BCUT2D eigenvalue weighted by Gasteiger charge is 2.29. The van der Waals surface area contributed by atoms with E-state index in [1.165, 1.54) is 0 Å². The van der Waals surface area contributed by atoms with E-state index in [1.807, 2.05) is 37.3 Å². The normalized spacial score (nSPS) is 14.5. The van der Waals surface area contributed by atoms with E-state index in [0.717, 1.165) is 29.7 Å². The summed E-state index contributed by atoms with van der Waals surface area (Å²) in [7, 11) is 0. The number of hydrogen-bond donors (Lipinski definition) is 1. The largest absolute Gasteiger partial charge is 0.273 e. The first-order valence-electron chi connectivity index (χ1n) is 7.25. The van der Waals surface area contributed by atoms with E-state index < -0.39 is 0 Å². The van der Waals surface area contributed by atoms with Crippen LogP contribution in [0.25, 0.3) is 0 Å². The van der Waals surface area contributed by atoms with Crippen molar-refractivity contribution >= 4 is 23.7 Å². The molecule has 0 bridgehead atoms. The molecule has 0 saturated heterocycles. The third-order valence-corrected chi connectivity index (χ3v) is 4.00. The Kier molecular flexibility index (Phi) is 4.24. The first-order valence-corrected chi connectivity index (χ1v) is 7.62. The van der Waals surface area contributed by atoms with Crippen LogP contribution in [-0.2, 0) is 11.3 Å². The number of carbonyl (C=O) groups is 1. The van der Waals surface area contributed by atoms with Gasteiger partial charge in [0.1, 0.15) is 5.15 Å². The Balaban J connectivity index is 1.72. The minimum Gasteiger partial charge on any atom is -0.273 e. The molecule has 2 aromatic rings. The molecule has 1 fully saturated rings. The van der Waals surface area contributed by atoms with Crippen LogP contribution in [0.5, 0.6) is 0 Å². The van der Waals surface area contributed by atoms with E-state index in [2.05, 4.69) is 15.6 Å². The average Bonchev–Trinajstić information content (AvgIpc) is 3.32. The van der Waals surface area contributed by atoms with Crippen LogP contribution in [-0.4, -0.2) is 21.9 Å². The second kappa shape index (κ2) is 6.32. The molecule has 3 rings (SSSR count). The minimum absolute atomic E-state index is 0.0262. The Morgan fingerprint density at radius 2 is 2.18 bits per heavy atom. The molecule has 1 aliphatic rings. The number of benzene rings is 1. The van der Waals surface area contributed by atoms with Crippen molar-refractivity contribution in [3.63, 3.8) is 0 Å². The van der Waals surface area contributed by atoms with Crippen LogP contribution in [0.15, 0.2) is 35.4 Å². The Morgan fingerprint density at radius 3 is 2.86 bits per heavy atom. The maximum atomic E-state index is 11.5. The van der Waals surface area contributed by atoms with Crippen molar-refractivity contribution in [2.45, 2.75) is 26.3 Å². The number of hydrazone groups is 1. The van der Waals surface area contributed by atoms with E-state index >= 15 is 0 Å². The molecular weight excluding hydrogens is 300 g/mol. The maximum Gasteiger partial charge on any atom is 0.243 e. The first kappa shape index (κ1) is 14.8. The van der Waals surface area contributed by atoms with E-state index in [4.69, 9.17) is 11.6 Å². The highest BCUT2D eigenvalue weighted by Crippen LogP contribution is 2.28. The topological polar surface area (TPSA) is 59.3 Å². The highest BCUT2D eigenvalue weighted by molar-refractivity contribution is 6.32. The molecule has 1 N–H and O–H groups in total. The van der Waals surface area contributed by atoms with Crippen LogP contribution in [0.4, 0.5) is 0 Å². The van der Waals surface area contributed by atoms with Crippen molar-refractivity contribution in [2.75, 3.05) is 0 Å². The van der Waals surface area contributed by atoms with Gasteiger partial charge in [0.05, 0.1) is 24.0 Å². The lowest BCUT2D eigenvalue weighted by Crippen LogP contribution is -2.19.